The van der Waals surface area contributed by atoms with E-state index in [0.717, 1.165) is 18.4 Å². The van der Waals surface area contributed by atoms with Gasteiger partial charge in [-0.3, -0.25) is 4.79 Å². The van der Waals surface area contributed by atoms with Gasteiger partial charge in [0.15, 0.2) is 0 Å². The summed E-state index contributed by atoms with van der Waals surface area (Å²) in [5, 5.41) is 2.78. The molecular formula is C18H22FN3O3S. The smallest absolute Gasteiger partial charge is 0.267 e. The van der Waals surface area contributed by atoms with Crippen molar-refractivity contribution in [2.24, 2.45) is 7.05 Å². The van der Waals surface area contributed by atoms with Crippen LogP contribution in [0.4, 0.5) is 4.39 Å². The van der Waals surface area contributed by atoms with Crippen LogP contribution in [-0.4, -0.2) is 42.8 Å². The fraction of sp³-hybridized carbons (Fsp3) is 0.389. The Morgan fingerprint density at radius 1 is 1.19 bits per heavy atom. The largest absolute Gasteiger partial charge is 0.350 e. The highest BCUT2D eigenvalue weighted by Crippen LogP contribution is 2.22. The molecule has 0 radical (unpaired) electrons. The number of rotatable bonds is 6. The number of amides is 1. The van der Waals surface area contributed by atoms with Gasteiger partial charge in [0.2, 0.25) is 10.0 Å². The Morgan fingerprint density at radius 3 is 2.50 bits per heavy atom. The fourth-order valence-corrected chi connectivity index (χ4v) is 4.63. The molecule has 1 N–H and O–H groups in total. The highest BCUT2D eigenvalue weighted by molar-refractivity contribution is 7.89. The van der Waals surface area contributed by atoms with Crippen LogP contribution in [0.5, 0.6) is 0 Å². The van der Waals surface area contributed by atoms with Crippen LogP contribution >= 0.6 is 0 Å². The number of aromatic nitrogens is 1. The number of carbonyl (C=O) groups is 1. The number of hydrogen-bond donors (Lipinski definition) is 1. The van der Waals surface area contributed by atoms with E-state index < -0.39 is 10.0 Å². The van der Waals surface area contributed by atoms with Crippen molar-refractivity contribution in [2.75, 3.05) is 19.6 Å². The molecule has 1 aliphatic rings. The van der Waals surface area contributed by atoms with Gasteiger partial charge < -0.3 is 9.88 Å². The van der Waals surface area contributed by atoms with E-state index in [1.54, 1.807) is 19.2 Å². The van der Waals surface area contributed by atoms with Crippen LogP contribution in [0, 0.1) is 5.82 Å². The molecule has 2 heterocycles. The average molecular weight is 379 g/mol. The Morgan fingerprint density at radius 2 is 1.85 bits per heavy atom. The monoisotopic (exact) mass is 379 g/mol. The first-order chi connectivity index (χ1) is 12.4. The summed E-state index contributed by atoms with van der Waals surface area (Å²) in [6.07, 6.45) is 3.77. The molecule has 0 bridgehead atoms. The summed E-state index contributed by atoms with van der Waals surface area (Å²) in [7, 11) is -1.89. The third-order valence-electron chi connectivity index (χ3n) is 4.53. The lowest BCUT2D eigenvalue weighted by atomic mass is 10.1. The van der Waals surface area contributed by atoms with Gasteiger partial charge in [-0.15, -0.1) is 0 Å². The van der Waals surface area contributed by atoms with Crippen molar-refractivity contribution < 1.29 is 17.6 Å². The molecule has 0 saturated carbocycles. The lowest BCUT2D eigenvalue weighted by Gasteiger charge is -2.13. The summed E-state index contributed by atoms with van der Waals surface area (Å²) in [4.78, 5) is 12.5. The maximum absolute atomic E-state index is 12.9. The minimum atomic E-state index is -3.54. The summed E-state index contributed by atoms with van der Waals surface area (Å²) in [6.45, 7) is 1.43. The van der Waals surface area contributed by atoms with Crippen molar-refractivity contribution in [1.82, 2.24) is 14.2 Å². The Labute approximate surface area is 152 Å². The maximum atomic E-state index is 12.9. The van der Waals surface area contributed by atoms with Crippen molar-refractivity contribution in [3.8, 4) is 0 Å². The second-order valence-electron chi connectivity index (χ2n) is 6.42. The van der Waals surface area contributed by atoms with Crippen molar-refractivity contribution in [1.29, 1.82) is 0 Å². The molecule has 1 aliphatic heterocycles. The molecule has 6 nitrogen and oxygen atoms in total. The van der Waals surface area contributed by atoms with E-state index in [0.29, 0.717) is 31.7 Å². The van der Waals surface area contributed by atoms with Crippen LogP contribution in [0.2, 0.25) is 0 Å². The molecule has 26 heavy (non-hydrogen) atoms. The number of nitrogens with zero attached hydrogens (tertiary/aromatic N) is 2. The minimum Gasteiger partial charge on any atom is -0.350 e. The zero-order valence-corrected chi connectivity index (χ0v) is 15.4. The van der Waals surface area contributed by atoms with Crippen molar-refractivity contribution in [2.45, 2.75) is 24.2 Å². The molecule has 1 aromatic heterocycles. The molecule has 0 spiro atoms. The van der Waals surface area contributed by atoms with Gasteiger partial charge in [-0.1, -0.05) is 12.1 Å². The van der Waals surface area contributed by atoms with Gasteiger partial charge in [-0.05, 0) is 43.0 Å². The van der Waals surface area contributed by atoms with Gasteiger partial charge >= 0.3 is 0 Å². The molecule has 0 atom stereocenters. The van der Waals surface area contributed by atoms with E-state index in [-0.39, 0.29) is 16.6 Å². The van der Waals surface area contributed by atoms with Gasteiger partial charge in [-0.25, -0.2) is 12.8 Å². The fourth-order valence-electron chi connectivity index (χ4n) is 3.04. The standard InChI is InChI=1S/C18H22FN3O3S/c1-21-13-16(26(24,25)22-10-2-3-11-22)12-17(21)18(23)20-9-8-14-4-6-15(19)7-5-14/h4-7,12-13H,2-3,8-11H2,1H3,(H,20,23). The molecule has 8 heteroatoms. The molecule has 0 unspecified atom stereocenters. The first-order valence-corrected chi connectivity index (χ1v) is 10.0. The van der Waals surface area contributed by atoms with Crippen LogP contribution in [0.15, 0.2) is 41.4 Å². The SMILES string of the molecule is Cn1cc(S(=O)(=O)N2CCCC2)cc1C(=O)NCCc1ccc(F)cc1. The zero-order chi connectivity index (χ0) is 18.7. The Bertz CT molecular complexity index is 885. The minimum absolute atomic E-state index is 0.144. The molecule has 2 aromatic rings. The molecule has 140 valence electrons. The van der Waals surface area contributed by atoms with E-state index in [9.17, 15) is 17.6 Å². The Kier molecular flexibility index (Phi) is 5.43. The van der Waals surface area contributed by atoms with Gasteiger partial charge in [0, 0.05) is 32.9 Å². The second kappa shape index (κ2) is 7.59. The Hall–Kier alpha value is -2.19. The number of sulfonamides is 1. The van der Waals surface area contributed by atoms with E-state index in [4.69, 9.17) is 0 Å². The number of hydrogen-bond acceptors (Lipinski definition) is 3. The van der Waals surface area contributed by atoms with Gasteiger partial charge in [-0.2, -0.15) is 4.31 Å². The quantitative estimate of drug-likeness (QED) is 0.834. The highest BCUT2D eigenvalue weighted by atomic mass is 32.2. The predicted molar refractivity (Wildman–Crippen MR) is 95.8 cm³/mol. The highest BCUT2D eigenvalue weighted by Gasteiger charge is 2.29. The van der Waals surface area contributed by atoms with E-state index in [1.165, 1.54) is 33.3 Å². The van der Waals surface area contributed by atoms with Crippen LogP contribution in [0.3, 0.4) is 0 Å². The van der Waals surface area contributed by atoms with E-state index >= 15 is 0 Å². The maximum Gasteiger partial charge on any atom is 0.267 e. The number of aryl methyl sites for hydroxylation is 1. The number of benzene rings is 1. The molecule has 1 saturated heterocycles. The molecule has 1 amide bonds. The van der Waals surface area contributed by atoms with Crippen LogP contribution in [-0.2, 0) is 23.5 Å². The van der Waals surface area contributed by atoms with Crippen molar-refractivity contribution >= 4 is 15.9 Å². The van der Waals surface area contributed by atoms with E-state index in [2.05, 4.69) is 5.32 Å². The average Bonchev–Trinajstić information content (AvgIpc) is 3.27. The second-order valence-corrected chi connectivity index (χ2v) is 8.35. The molecule has 3 rings (SSSR count). The normalized spacial score (nSPS) is 15.3. The predicted octanol–water partition coefficient (Wildman–Crippen LogP) is 1.92. The molecular weight excluding hydrogens is 357 g/mol. The van der Waals surface area contributed by atoms with Gasteiger partial charge in [0.05, 0.1) is 0 Å². The molecule has 1 aromatic carbocycles. The lowest BCUT2D eigenvalue weighted by molar-refractivity contribution is 0.0946. The zero-order valence-electron chi connectivity index (χ0n) is 14.6. The summed E-state index contributed by atoms with van der Waals surface area (Å²) in [5.74, 6) is -0.633. The number of carbonyl (C=O) groups excluding carboxylic acids is 1. The van der Waals surface area contributed by atoms with Gasteiger partial charge in [0.25, 0.3) is 5.91 Å². The third-order valence-corrected chi connectivity index (χ3v) is 6.39. The Balaban J connectivity index is 1.64. The van der Waals surface area contributed by atoms with Crippen molar-refractivity contribution in [3.05, 3.63) is 53.6 Å². The van der Waals surface area contributed by atoms with Crippen molar-refractivity contribution in [3.63, 3.8) is 0 Å². The van der Waals surface area contributed by atoms with Crippen LogP contribution in [0.1, 0.15) is 28.9 Å². The number of halogens is 1. The van der Waals surface area contributed by atoms with E-state index in [1.807, 2.05) is 0 Å². The molecule has 0 aliphatic carbocycles. The van der Waals surface area contributed by atoms with Crippen LogP contribution in [0.25, 0.3) is 0 Å². The topological polar surface area (TPSA) is 71.4 Å². The van der Waals surface area contributed by atoms with Gasteiger partial charge in [0.1, 0.15) is 16.4 Å². The first-order valence-electron chi connectivity index (χ1n) is 8.57. The summed E-state index contributed by atoms with van der Waals surface area (Å²) in [6, 6.07) is 7.52. The molecule has 1 fully saturated rings. The summed E-state index contributed by atoms with van der Waals surface area (Å²) >= 11 is 0. The third kappa shape index (κ3) is 3.96. The lowest BCUT2D eigenvalue weighted by Crippen LogP contribution is -2.28. The summed E-state index contributed by atoms with van der Waals surface area (Å²) in [5.41, 5.74) is 1.21. The summed E-state index contributed by atoms with van der Waals surface area (Å²) < 4.78 is 41.1. The number of nitrogens with one attached hydrogen (secondary N) is 1. The first kappa shape index (κ1) is 18.6. The van der Waals surface area contributed by atoms with Crippen LogP contribution < -0.4 is 5.32 Å².